The Balaban J connectivity index is 1.85. The molecule has 0 spiro atoms. The molecule has 0 N–H and O–H groups in total. The third-order valence-electron chi connectivity index (χ3n) is 4.40. The van der Waals surface area contributed by atoms with E-state index >= 15 is 0 Å². The van der Waals surface area contributed by atoms with Crippen molar-refractivity contribution in [3.8, 4) is 0 Å². The molecule has 3 heteroatoms. The molecule has 0 saturated carbocycles. The van der Waals surface area contributed by atoms with Gasteiger partial charge < -0.3 is 4.90 Å². The van der Waals surface area contributed by atoms with Crippen molar-refractivity contribution in [1.29, 1.82) is 0 Å². The Labute approximate surface area is 121 Å². The van der Waals surface area contributed by atoms with E-state index in [9.17, 15) is 9.18 Å². The number of benzene rings is 1. The molecule has 0 radical (unpaired) electrons. The number of nitrogens with zero attached hydrogens (tertiary/aromatic N) is 1. The van der Waals surface area contributed by atoms with Crippen molar-refractivity contribution >= 4 is 5.78 Å². The monoisotopic (exact) mass is 277 g/mol. The van der Waals surface area contributed by atoms with Gasteiger partial charge in [0.1, 0.15) is 5.82 Å². The largest absolute Gasteiger partial charge is 0.303 e. The number of halogens is 1. The van der Waals surface area contributed by atoms with Gasteiger partial charge in [0.25, 0.3) is 0 Å². The number of hydrogen-bond donors (Lipinski definition) is 0. The van der Waals surface area contributed by atoms with Crippen LogP contribution in [0.2, 0.25) is 0 Å². The Morgan fingerprint density at radius 1 is 1.45 bits per heavy atom. The lowest BCUT2D eigenvalue weighted by molar-refractivity contribution is 0.0967. The summed E-state index contributed by atoms with van der Waals surface area (Å²) >= 11 is 0. The summed E-state index contributed by atoms with van der Waals surface area (Å²) in [6, 6.07) is 4.76. The molecular formula is C17H24FNO. The number of rotatable bonds is 5. The molecule has 0 aliphatic carbocycles. The van der Waals surface area contributed by atoms with Crippen LogP contribution in [0.25, 0.3) is 0 Å². The first-order valence-electron chi connectivity index (χ1n) is 7.49. The lowest BCUT2D eigenvalue weighted by Crippen LogP contribution is -2.25. The normalized spacial score (nSPS) is 19.8. The van der Waals surface area contributed by atoms with Gasteiger partial charge in [0, 0.05) is 25.1 Å². The van der Waals surface area contributed by atoms with Crippen molar-refractivity contribution < 1.29 is 9.18 Å². The van der Waals surface area contributed by atoms with Crippen LogP contribution < -0.4 is 0 Å². The average molecular weight is 277 g/mol. The van der Waals surface area contributed by atoms with Gasteiger partial charge in [-0.05, 0) is 43.4 Å². The van der Waals surface area contributed by atoms with Crippen LogP contribution in [-0.4, -0.2) is 30.3 Å². The van der Waals surface area contributed by atoms with Crippen molar-refractivity contribution in [2.75, 3.05) is 19.6 Å². The maximum absolute atomic E-state index is 13.5. The van der Waals surface area contributed by atoms with Gasteiger partial charge >= 0.3 is 0 Å². The highest BCUT2D eigenvalue weighted by atomic mass is 19.1. The third-order valence-corrected chi connectivity index (χ3v) is 4.40. The van der Waals surface area contributed by atoms with Crippen LogP contribution in [0.4, 0.5) is 4.39 Å². The summed E-state index contributed by atoms with van der Waals surface area (Å²) < 4.78 is 13.5. The Morgan fingerprint density at radius 3 is 2.80 bits per heavy atom. The molecule has 1 aromatic rings. The summed E-state index contributed by atoms with van der Waals surface area (Å²) in [6.45, 7) is 9.19. The van der Waals surface area contributed by atoms with Gasteiger partial charge in [-0.1, -0.05) is 26.0 Å². The van der Waals surface area contributed by atoms with Gasteiger partial charge in [-0.3, -0.25) is 4.79 Å². The zero-order valence-corrected chi connectivity index (χ0v) is 12.7. The molecule has 1 atom stereocenters. The molecule has 2 nitrogen and oxygen atoms in total. The number of Topliss-reactive ketones (excluding diaryl/α,β-unsaturated/α-hetero) is 1. The van der Waals surface area contributed by atoms with E-state index < -0.39 is 0 Å². The van der Waals surface area contributed by atoms with E-state index in [1.807, 2.05) is 0 Å². The molecule has 1 unspecified atom stereocenters. The fourth-order valence-electron chi connectivity index (χ4n) is 2.78. The van der Waals surface area contributed by atoms with E-state index in [-0.39, 0.29) is 11.6 Å². The minimum absolute atomic E-state index is 0.0388. The number of carbonyl (C=O) groups is 1. The summed E-state index contributed by atoms with van der Waals surface area (Å²) in [5, 5.41) is 0. The lowest BCUT2D eigenvalue weighted by atomic mass is 9.95. The van der Waals surface area contributed by atoms with Crippen LogP contribution in [0, 0.1) is 24.6 Å². The van der Waals surface area contributed by atoms with Gasteiger partial charge in [0.05, 0.1) is 0 Å². The van der Waals surface area contributed by atoms with E-state index in [0.717, 1.165) is 25.6 Å². The Hall–Kier alpha value is -1.22. The Morgan fingerprint density at radius 2 is 2.20 bits per heavy atom. The summed E-state index contributed by atoms with van der Waals surface area (Å²) in [5.74, 6) is 1.21. The minimum atomic E-state index is -0.295. The van der Waals surface area contributed by atoms with Crippen molar-refractivity contribution in [3.05, 3.63) is 35.1 Å². The standard InChI is InChI=1S/C17H24FNO/c1-12(2)15-6-8-19(11-15)9-7-17(20)14-5-4-13(3)16(18)10-14/h4-5,10,12,15H,6-9,11H2,1-3H3. The maximum atomic E-state index is 13.5. The second-order valence-corrected chi connectivity index (χ2v) is 6.23. The number of aryl methyl sites for hydroxylation is 1. The fraction of sp³-hybridized carbons (Fsp3) is 0.588. The maximum Gasteiger partial charge on any atom is 0.164 e. The van der Waals surface area contributed by atoms with Crippen molar-refractivity contribution in [2.24, 2.45) is 11.8 Å². The van der Waals surface area contributed by atoms with Crippen LogP contribution in [0.15, 0.2) is 18.2 Å². The summed E-state index contributed by atoms with van der Waals surface area (Å²) in [4.78, 5) is 14.4. The minimum Gasteiger partial charge on any atom is -0.303 e. The molecule has 1 heterocycles. The first-order valence-corrected chi connectivity index (χ1v) is 7.49. The average Bonchev–Trinajstić information content (AvgIpc) is 2.88. The van der Waals surface area contributed by atoms with Crippen molar-refractivity contribution in [3.63, 3.8) is 0 Å². The first kappa shape index (κ1) is 15.2. The Bertz CT molecular complexity index is 484. The fourth-order valence-corrected chi connectivity index (χ4v) is 2.78. The molecule has 110 valence electrons. The van der Waals surface area contributed by atoms with Gasteiger partial charge in [-0.25, -0.2) is 4.39 Å². The van der Waals surface area contributed by atoms with E-state index in [0.29, 0.717) is 23.5 Å². The molecule has 1 aliphatic rings. The van der Waals surface area contributed by atoms with Crippen LogP contribution in [0.3, 0.4) is 0 Å². The van der Waals surface area contributed by atoms with Gasteiger partial charge in [0.2, 0.25) is 0 Å². The van der Waals surface area contributed by atoms with Crippen LogP contribution in [-0.2, 0) is 0 Å². The highest BCUT2D eigenvalue weighted by Gasteiger charge is 2.24. The summed E-state index contributed by atoms with van der Waals surface area (Å²) in [6.07, 6.45) is 1.71. The van der Waals surface area contributed by atoms with E-state index in [2.05, 4.69) is 18.7 Å². The van der Waals surface area contributed by atoms with Crippen molar-refractivity contribution in [1.82, 2.24) is 4.90 Å². The van der Waals surface area contributed by atoms with Crippen LogP contribution in [0.5, 0.6) is 0 Å². The third kappa shape index (κ3) is 3.66. The number of ketones is 1. The molecule has 1 saturated heterocycles. The zero-order valence-electron chi connectivity index (χ0n) is 12.7. The molecule has 0 amide bonds. The molecule has 1 aromatic carbocycles. The molecule has 20 heavy (non-hydrogen) atoms. The van der Waals surface area contributed by atoms with Crippen molar-refractivity contribution in [2.45, 2.75) is 33.6 Å². The number of likely N-dealkylation sites (tertiary alicyclic amines) is 1. The van der Waals surface area contributed by atoms with Gasteiger partial charge in [-0.15, -0.1) is 0 Å². The first-order chi connectivity index (χ1) is 9.47. The van der Waals surface area contributed by atoms with Gasteiger partial charge in [-0.2, -0.15) is 0 Å². The highest BCUT2D eigenvalue weighted by molar-refractivity contribution is 5.96. The van der Waals surface area contributed by atoms with Gasteiger partial charge in [0.15, 0.2) is 5.78 Å². The number of hydrogen-bond acceptors (Lipinski definition) is 2. The predicted octanol–water partition coefficient (Wildman–Crippen LogP) is 3.68. The summed E-state index contributed by atoms with van der Waals surface area (Å²) in [7, 11) is 0. The zero-order chi connectivity index (χ0) is 14.7. The summed E-state index contributed by atoms with van der Waals surface area (Å²) in [5.41, 5.74) is 1.08. The second-order valence-electron chi connectivity index (χ2n) is 6.23. The highest BCUT2D eigenvalue weighted by Crippen LogP contribution is 2.23. The second kappa shape index (κ2) is 6.49. The molecule has 1 aliphatic heterocycles. The number of carbonyl (C=O) groups excluding carboxylic acids is 1. The predicted molar refractivity (Wildman–Crippen MR) is 79.5 cm³/mol. The molecule has 1 fully saturated rings. The van der Waals surface area contributed by atoms with E-state index in [1.54, 1.807) is 19.1 Å². The van der Waals surface area contributed by atoms with Crippen LogP contribution in [0.1, 0.15) is 42.6 Å². The van der Waals surface area contributed by atoms with E-state index in [4.69, 9.17) is 0 Å². The van der Waals surface area contributed by atoms with E-state index in [1.165, 1.54) is 12.5 Å². The quantitative estimate of drug-likeness (QED) is 0.765. The van der Waals surface area contributed by atoms with Crippen LogP contribution >= 0.6 is 0 Å². The SMILES string of the molecule is Cc1ccc(C(=O)CCN2CCC(C(C)C)C2)cc1F. The molecule has 2 rings (SSSR count). The Kier molecular flexibility index (Phi) is 4.92. The molecular weight excluding hydrogens is 253 g/mol. The lowest BCUT2D eigenvalue weighted by Gasteiger charge is -2.17. The molecule has 0 aromatic heterocycles. The topological polar surface area (TPSA) is 20.3 Å². The molecule has 0 bridgehead atoms. The smallest absolute Gasteiger partial charge is 0.164 e.